The molecule has 0 bridgehead atoms. The molecule has 0 radical (unpaired) electrons. The van der Waals surface area contributed by atoms with Crippen LogP contribution in [-0.4, -0.2) is 43.4 Å². The topological polar surface area (TPSA) is 23.6 Å². The van der Waals surface area contributed by atoms with Gasteiger partial charge in [0, 0.05) is 31.2 Å². The maximum absolute atomic E-state index is 12.4. The summed E-state index contributed by atoms with van der Waals surface area (Å²) < 4.78 is 24.7. The minimum atomic E-state index is -2.26. The van der Waals surface area contributed by atoms with E-state index >= 15 is 0 Å². The van der Waals surface area contributed by atoms with Gasteiger partial charge in [-0.1, -0.05) is 18.2 Å². The minimum Gasteiger partial charge on any atom is -0.311 e. The Morgan fingerprint density at radius 2 is 2.05 bits per heavy atom. The number of benzene rings is 1. The molecule has 0 unspecified atom stereocenters. The molecule has 1 aromatic carbocycles. The number of likely N-dealkylation sites (tertiary alicyclic amines) is 1. The number of para-hydroxylation sites is 1. The number of carbonyl (C=O) groups excluding carboxylic acids is 1. The van der Waals surface area contributed by atoms with E-state index in [1.807, 2.05) is 24.3 Å². The fourth-order valence-corrected chi connectivity index (χ4v) is 2.77. The summed E-state index contributed by atoms with van der Waals surface area (Å²) in [5.74, 6) is -0.545. The van der Waals surface area contributed by atoms with Crippen molar-refractivity contribution in [2.45, 2.75) is 12.8 Å². The Morgan fingerprint density at radius 1 is 1.32 bits per heavy atom. The number of carbonyl (C=O) groups is 1. The molecule has 2 aliphatic heterocycles. The molecule has 0 spiro atoms. The highest BCUT2D eigenvalue weighted by molar-refractivity contribution is 5.96. The first kappa shape index (κ1) is 12.5. The van der Waals surface area contributed by atoms with E-state index < -0.39 is 12.3 Å². The predicted octanol–water partition coefficient (Wildman–Crippen LogP) is 1.77. The van der Waals surface area contributed by atoms with Crippen LogP contribution >= 0.6 is 0 Å². The number of rotatable bonds is 3. The van der Waals surface area contributed by atoms with E-state index in [4.69, 9.17) is 0 Å². The summed E-state index contributed by atoms with van der Waals surface area (Å²) in [7, 11) is 0. The molecule has 3 rings (SSSR count). The Morgan fingerprint density at radius 3 is 2.79 bits per heavy atom. The molecule has 19 heavy (non-hydrogen) atoms. The molecular formula is C14H16F2N2O. The molecule has 1 saturated heterocycles. The van der Waals surface area contributed by atoms with Gasteiger partial charge in [0.25, 0.3) is 0 Å². The zero-order valence-corrected chi connectivity index (χ0v) is 10.6. The lowest BCUT2D eigenvalue weighted by molar-refractivity contribution is -0.122. The number of fused-ring (bicyclic) bond motifs is 1. The van der Waals surface area contributed by atoms with Crippen molar-refractivity contribution in [1.82, 2.24) is 4.90 Å². The Hall–Kier alpha value is -1.49. The van der Waals surface area contributed by atoms with Crippen LogP contribution in [0.4, 0.5) is 14.5 Å². The SMILES string of the molecule is O=C(CN1CC(C(F)F)C1)N1CCc2ccccc21. The van der Waals surface area contributed by atoms with Crippen molar-refractivity contribution in [3.63, 3.8) is 0 Å². The molecule has 0 aromatic heterocycles. The second kappa shape index (κ2) is 4.89. The maximum atomic E-state index is 12.4. The molecule has 0 saturated carbocycles. The summed E-state index contributed by atoms with van der Waals surface area (Å²) in [6, 6.07) is 7.85. The van der Waals surface area contributed by atoms with Crippen molar-refractivity contribution in [3.05, 3.63) is 29.8 Å². The average Bonchev–Trinajstić information content (AvgIpc) is 2.76. The molecule has 1 amide bonds. The molecule has 0 aliphatic carbocycles. The number of hydrogen-bond donors (Lipinski definition) is 0. The minimum absolute atomic E-state index is 0.0117. The third kappa shape index (κ3) is 2.34. The third-order valence-electron chi connectivity index (χ3n) is 3.89. The number of hydrogen-bond acceptors (Lipinski definition) is 2. The van der Waals surface area contributed by atoms with Gasteiger partial charge >= 0.3 is 0 Å². The predicted molar refractivity (Wildman–Crippen MR) is 68.4 cm³/mol. The highest BCUT2D eigenvalue weighted by Crippen LogP contribution is 2.28. The second-order valence-electron chi connectivity index (χ2n) is 5.21. The van der Waals surface area contributed by atoms with E-state index in [1.165, 1.54) is 5.56 Å². The first-order valence-electron chi connectivity index (χ1n) is 6.54. The van der Waals surface area contributed by atoms with Crippen LogP contribution in [0.15, 0.2) is 24.3 Å². The van der Waals surface area contributed by atoms with E-state index in [-0.39, 0.29) is 12.5 Å². The van der Waals surface area contributed by atoms with Crippen molar-refractivity contribution in [2.75, 3.05) is 31.1 Å². The fourth-order valence-electron chi connectivity index (χ4n) is 2.77. The second-order valence-corrected chi connectivity index (χ2v) is 5.21. The summed E-state index contributed by atoms with van der Waals surface area (Å²) in [5.41, 5.74) is 2.16. The lowest BCUT2D eigenvalue weighted by Gasteiger charge is -2.38. The zero-order chi connectivity index (χ0) is 13.4. The fraction of sp³-hybridized carbons (Fsp3) is 0.500. The van der Waals surface area contributed by atoms with Gasteiger partial charge in [-0.2, -0.15) is 0 Å². The number of amides is 1. The van der Waals surface area contributed by atoms with Crippen LogP contribution in [0.2, 0.25) is 0 Å². The summed E-state index contributed by atoms with van der Waals surface area (Å²) in [6.07, 6.45) is -1.39. The van der Waals surface area contributed by atoms with Gasteiger partial charge in [-0.15, -0.1) is 0 Å². The lowest BCUT2D eigenvalue weighted by Crippen LogP contribution is -2.53. The molecular weight excluding hydrogens is 250 g/mol. The van der Waals surface area contributed by atoms with Gasteiger partial charge in [0.15, 0.2) is 0 Å². The smallest absolute Gasteiger partial charge is 0.243 e. The van der Waals surface area contributed by atoms with Gasteiger partial charge < -0.3 is 4.90 Å². The van der Waals surface area contributed by atoms with Crippen LogP contribution in [0.5, 0.6) is 0 Å². The third-order valence-corrected chi connectivity index (χ3v) is 3.89. The normalized spacial score (nSPS) is 19.6. The molecule has 102 valence electrons. The molecule has 2 heterocycles. The average molecular weight is 266 g/mol. The summed E-state index contributed by atoms with van der Waals surface area (Å²) in [4.78, 5) is 15.7. The summed E-state index contributed by atoms with van der Waals surface area (Å²) in [6.45, 7) is 1.61. The van der Waals surface area contributed by atoms with Gasteiger partial charge in [-0.05, 0) is 18.1 Å². The van der Waals surface area contributed by atoms with Crippen molar-refractivity contribution in [2.24, 2.45) is 5.92 Å². The van der Waals surface area contributed by atoms with Gasteiger partial charge in [-0.25, -0.2) is 8.78 Å². The first-order valence-corrected chi connectivity index (χ1v) is 6.54. The maximum Gasteiger partial charge on any atom is 0.243 e. The van der Waals surface area contributed by atoms with Crippen LogP contribution in [0.3, 0.4) is 0 Å². The van der Waals surface area contributed by atoms with Crippen LogP contribution < -0.4 is 4.90 Å². The first-order chi connectivity index (χ1) is 9.15. The standard InChI is InChI=1S/C14H16F2N2O/c15-14(16)11-7-17(8-11)9-13(19)18-6-5-10-3-1-2-4-12(10)18/h1-4,11,14H,5-9H2. The van der Waals surface area contributed by atoms with E-state index in [1.54, 1.807) is 9.80 Å². The number of nitrogens with zero attached hydrogens (tertiary/aromatic N) is 2. The molecule has 0 N–H and O–H groups in total. The van der Waals surface area contributed by atoms with Gasteiger partial charge in [-0.3, -0.25) is 9.69 Å². The summed E-state index contributed by atoms with van der Waals surface area (Å²) in [5, 5.41) is 0. The van der Waals surface area contributed by atoms with Gasteiger partial charge in [0.1, 0.15) is 0 Å². The van der Waals surface area contributed by atoms with Crippen molar-refractivity contribution < 1.29 is 13.6 Å². The monoisotopic (exact) mass is 266 g/mol. The van der Waals surface area contributed by atoms with Gasteiger partial charge in [0.2, 0.25) is 12.3 Å². The van der Waals surface area contributed by atoms with Gasteiger partial charge in [0.05, 0.1) is 6.54 Å². The lowest BCUT2D eigenvalue weighted by atomic mass is 10.0. The Balaban J connectivity index is 1.58. The van der Waals surface area contributed by atoms with E-state index in [0.717, 1.165) is 12.1 Å². The molecule has 5 heteroatoms. The molecule has 0 atom stereocenters. The Labute approximate surface area is 110 Å². The molecule has 2 aliphatic rings. The van der Waals surface area contributed by atoms with Crippen LogP contribution in [-0.2, 0) is 11.2 Å². The van der Waals surface area contributed by atoms with Crippen LogP contribution in [0.25, 0.3) is 0 Å². The zero-order valence-electron chi connectivity index (χ0n) is 10.6. The van der Waals surface area contributed by atoms with E-state index in [9.17, 15) is 13.6 Å². The number of anilines is 1. The van der Waals surface area contributed by atoms with Crippen molar-refractivity contribution in [3.8, 4) is 0 Å². The quantitative estimate of drug-likeness (QED) is 0.832. The van der Waals surface area contributed by atoms with Crippen molar-refractivity contribution >= 4 is 11.6 Å². The summed E-state index contributed by atoms with van der Waals surface area (Å²) >= 11 is 0. The number of alkyl halides is 2. The molecule has 1 fully saturated rings. The Bertz CT molecular complexity index is 486. The largest absolute Gasteiger partial charge is 0.311 e. The Kier molecular flexibility index (Phi) is 3.22. The van der Waals surface area contributed by atoms with Crippen LogP contribution in [0.1, 0.15) is 5.56 Å². The van der Waals surface area contributed by atoms with Crippen molar-refractivity contribution in [1.29, 1.82) is 0 Å². The molecule has 3 nitrogen and oxygen atoms in total. The molecule has 1 aromatic rings. The van der Waals surface area contributed by atoms with E-state index in [0.29, 0.717) is 19.6 Å². The highest BCUT2D eigenvalue weighted by atomic mass is 19.3. The van der Waals surface area contributed by atoms with E-state index in [2.05, 4.69) is 0 Å². The highest BCUT2D eigenvalue weighted by Gasteiger charge is 2.36. The van der Waals surface area contributed by atoms with Crippen LogP contribution in [0, 0.1) is 5.92 Å². The number of halogens is 2.